The van der Waals surface area contributed by atoms with E-state index in [2.05, 4.69) is 0 Å². The third-order valence-electron chi connectivity index (χ3n) is 2.88. The number of rotatable bonds is 4. The van der Waals surface area contributed by atoms with Crippen molar-refractivity contribution in [2.75, 3.05) is 0 Å². The van der Waals surface area contributed by atoms with Crippen LogP contribution in [0.3, 0.4) is 0 Å². The molecule has 0 atom stereocenters. The summed E-state index contributed by atoms with van der Waals surface area (Å²) in [6.45, 7) is 2.28. The van der Waals surface area contributed by atoms with Gasteiger partial charge >= 0.3 is 0 Å². The Kier molecular flexibility index (Phi) is 4.12. The van der Waals surface area contributed by atoms with E-state index in [-0.39, 0.29) is 12.2 Å². The Morgan fingerprint density at radius 1 is 1.11 bits per heavy atom. The van der Waals surface area contributed by atoms with E-state index in [9.17, 15) is 8.78 Å². The van der Waals surface area contributed by atoms with E-state index in [4.69, 9.17) is 10.5 Å². The summed E-state index contributed by atoms with van der Waals surface area (Å²) in [6, 6.07) is 8.92. The summed E-state index contributed by atoms with van der Waals surface area (Å²) in [4.78, 5) is 0. The highest BCUT2D eigenvalue weighted by Crippen LogP contribution is 2.21. The molecule has 0 heterocycles. The summed E-state index contributed by atoms with van der Waals surface area (Å²) in [6.07, 6.45) is 0. The Morgan fingerprint density at radius 3 is 2.63 bits per heavy atom. The second-order valence-electron chi connectivity index (χ2n) is 4.33. The van der Waals surface area contributed by atoms with Gasteiger partial charge < -0.3 is 10.5 Å². The van der Waals surface area contributed by atoms with Crippen LogP contribution in [0.4, 0.5) is 8.78 Å². The van der Waals surface area contributed by atoms with Crippen molar-refractivity contribution >= 4 is 0 Å². The molecule has 0 aliphatic rings. The van der Waals surface area contributed by atoms with E-state index in [1.54, 1.807) is 0 Å². The fourth-order valence-electron chi connectivity index (χ4n) is 1.74. The van der Waals surface area contributed by atoms with Gasteiger partial charge in [0.05, 0.1) is 0 Å². The fraction of sp³-hybridized carbons (Fsp3) is 0.200. The normalized spacial score (nSPS) is 10.5. The maximum absolute atomic E-state index is 13.5. The number of ether oxygens (including phenoxy) is 1. The Labute approximate surface area is 110 Å². The summed E-state index contributed by atoms with van der Waals surface area (Å²) in [5.41, 5.74) is 7.60. The van der Waals surface area contributed by atoms with Gasteiger partial charge in [0.2, 0.25) is 0 Å². The number of halogens is 2. The van der Waals surface area contributed by atoms with Gasteiger partial charge in [-0.25, -0.2) is 8.78 Å². The van der Waals surface area contributed by atoms with E-state index >= 15 is 0 Å². The first-order valence-electron chi connectivity index (χ1n) is 5.96. The van der Waals surface area contributed by atoms with Crippen LogP contribution in [0.2, 0.25) is 0 Å². The van der Waals surface area contributed by atoms with E-state index in [0.717, 1.165) is 29.3 Å². The number of aryl methyl sites for hydroxylation is 1. The molecule has 0 bridgehead atoms. The van der Waals surface area contributed by atoms with Crippen molar-refractivity contribution in [2.24, 2.45) is 5.73 Å². The average Bonchev–Trinajstić information content (AvgIpc) is 2.41. The van der Waals surface area contributed by atoms with Crippen LogP contribution < -0.4 is 10.5 Å². The predicted octanol–water partition coefficient (Wildman–Crippen LogP) is 3.31. The van der Waals surface area contributed by atoms with Crippen LogP contribution >= 0.6 is 0 Å². The van der Waals surface area contributed by atoms with E-state index in [1.165, 1.54) is 0 Å². The molecule has 0 unspecified atom stereocenters. The molecule has 0 aromatic heterocycles. The van der Waals surface area contributed by atoms with Gasteiger partial charge in [-0.15, -0.1) is 0 Å². The molecule has 0 saturated heterocycles. The molecule has 0 saturated carbocycles. The minimum atomic E-state index is -0.479. The third-order valence-corrected chi connectivity index (χ3v) is 2.88. The second-order valence-corrected chi connectivity index (χ2v) is 4.33. The lowest BCUT2D eigenvalue weighted by molar-refractivity contribution is 0.296. The molecule has 4 heteroatoms. The van der Waals surface area contributed by atoms with Gasteiger partial charge in [0, 0.05) is 12.1 Å². The third kappa shape index (κ3) is 3.29. The molecule has 0 spiro atoms. The zero-order valence-electron chi connectivity index (χ0n) is 10.6. The monoisotopic (exact) mass is 263 g/mol. The maximum atomic E-state index is 13.5. The van der Waals surface area contributed by atoms with Gasteiger partial charge in [0.15, 0.2) is 0 Å². The van der Waals surface area contributed by atoms with Crippen molar-refractivity contribution in [3.8, 4) is 5.75 Å². The molecule has 19 heavy (non-hydrogen) atoms. The first-order chi connectivity index (χ1) is 9.10. The van der Waals surface area contributed by atoms with Crippen molar-refractivity contribution in [1.82, 2.24) is 0 Å². The van der Waals surface area contributed by atoms with E-state index < -0.39 is 11.6 Å². The van der Waals surface area contributed by atoms with Crippen LogP contribution in [0.15, 0.2) is 36.4 Å². The first-order valence-corrected chi connectivity index (χ1v) is 5.96. The number of benzene rings is 2. The van der Waals surface area contributed by atoms with E-state index in [0.29, 0.717) is 12.3 Å². The van der Waals surface area contributed by atoms with Gasteiger partial charge in [0.1, 0.15) is 24.0 Å². The molecule has 2 aromatic carbocycles. The lowest BCUT2D eigenvalue weighted by Gasteiger charge is -2.11. The molecule has 0 fully saturated rings. The van der Waals surface area contributed by atoms with Gasteiger partial charge in [-0.05, 0) is 42.3 Å². The van der Waals surface area contributed by atoms with Crippen LogP contribution in [0.5, 0.6) is 5.75 Å². The largest absolute Gasteiger partial charge is 0.489 e. The topological polar surface area (TPSA) is 35.2 Å². The van der Waals surface area contributed by atoms with Crippen LogP contribution in [0, 0.1) is 18.6 Å². The molecule has 100 valence electrons. The molecule has 2 rings (SSSR count). The highest BCUT2D eigenvalue weighted by Gasteiger charge is 2.06. The second kappa shape index (κ2) is 5.80. The molecule has 0 amide bonds. The van der Waals surface area contributed by atoms with E-state index in [1.807, 2.05) is 25.1 Å². The molecule has 0 aliphatic heterocycles. The lowest BCUT2D eigenvalue weighted by Crippen LogP contribution is -2.02. The van der Waals surface area contributed by atoms with Crippen molar-refractivity contribution in [3.05, 3.63) is 64.7 Å². The van der Waals surface area contributed by atoms with Crippen molar-refractivity contribution in [1.29, 1.82) is 0 Å². The Balaban J connectivity index is 2.16. The Hall–Kier alpha value is -1.94. The summed E-state index contributed by atoms with van der Waals surface area (Å²) >= 11 is 0. The molecular weight excluding hydrogens is 248 g/mol. The fourth-order valence-corrected chi connectivity index (χ4v) is 1.74. The predicted molar refractivity (Wildman–Crippen MR) is 69.8 cm³/mol. The highest BCUT2D eigenvalue weighted by atomic mass is 19.1. The summed E-state index contributed by atoms with van der Waals surface area (Å²) < 4.78 is 32.0. The van der Waals surface area contributed by atoms with Crippen LogP contribution in [0.25, 0.3) is 0 Å². The molecule has 2 N–H and O–H groups in total. The first kappa shape index (κ1) is 13.5. The van der Waals surface area contributed by atoms with Crippen molar-refractivity contribution in [2.45, 2.75) is 20.1 Å². The van der Waals surface area contributed by atoms with Crippen LogP contribution in [-0.4, -0.2) is 0 Å². The van der Waals surface area contributed by atoms with Crippen molar-refractivity contribution in [3.63, 3.8) is 0 Å². The Bertz CT molecular complexity index is 584. The minimum absolute atomic E-state index is 0.0154. The van der Waals surface area contributed by atoms with Gasteiger partial charge in [-0.1, -0.05) is 12.1 Å². The number of hydrogen-bond donors (Lipinski definition) is 1. The molecular formula is C15H15F2NO. The quantitative estimate of drug-likeness (QED) is 0.918. The number of nitrogens with two attached hydrogens (primary N) is 1. The van der Waals surface area contributed by atoms with Gasteiger partial charge in [-0.2, -0.15) is 0 Å². The smallest absolute Gasteiger partial charge is 0.130 e. The van der Waals surface area contributed by atoms with Gasteiger partial charge in [-0.3, -0.25) is 0 Å². The molecule has 2 aromatic rings. The standard InChI is InChI=1S/C15H15F2NO/c1-10-2-3-11(8-18)6-15(10)19-9-12-7-13(16)4-5-14(12)17/h2-7H,8-9,18H2,1H3. The zero-order chi connectivity index (χ0) is 13.8. The lowest BCUT2D eigenvalue weighted by atomic mass is 10.1. The Morgan fingerprint density at radius 2 is 1.89 bits per heavy atom. The summed E-state index contributed by atoms with van der Waals surface area (Å²) in [7, 11) is 0. The SMILES string of the molecule is Cc1ccc(CN)cc1OCc1cc(F)ccc1F. The van der Waals surface area contributed by atoms with Crippen LogP contribution in [0.1, 0.15) is 16.7 Å². The summed E-state index contributed by atoms with van der Waals surface area (Å²) in [5, 5.41) is 0. The zero-order valence-corrected chi connectivity index (χ0v) is 10.6. The molecule has 0 radical (unpaired) electrons. The minimum Gasteiger partial charge on any atom is -0.489 e. The maximum Gasteiger partial charge on any atom is 0.130 e. The van der Waals surface area contributed by atoms with Crippen LogP contribution in [-0.2, 0) is 13.2 Å². The van der Waals surface area contributed by atoms with Gasteiger partial charge in [0.25, 0.3) is 0 Å². The molecule has 2 nitrogen and oxygen atoms in total. The highest BCUT2D eigenvalue weighted by molar-refractivity contribution is 5.36. The molecule has 0 aliphatic carbocycles. The summed E-state index contributed by atoms with van der Waals surface area (Å²) in [5.74, 6) is -0.326. The van der Waals surface area contributed by atoms with Crippen molar-refractivity contribution < 1.29 is 13.5 Å². The average molecular weight is 263 g/mol. The number of hydrogen-bond acceptors (Lipinski definition) is 2.